The van der Waals surface area contributed by atoms with Crippen molar-refractivity contribution >= 4 is 15.5 Å². The lowest BCUT2D eigenvalue weighted by Crippen LogP contribution is -2.78. The van der Waals surface area contributed by atoms with Crippen molar-refractivity contribution in [3.63, 3.8) is 0 Å². The maximum atomic E-state index is 3.61. The van der Waals surface area contributed by atoms with E-state index in [0.717, 1.165) is 0 Å². The summed E-state index contributed by atoms with van der Waals surface area (Å²) in [4.78, 5) is 0. The highest BCUT2D eigenvalue weighted by atomic mass is 29.3. The van der Waals surface area contributed by atoms with Crippen molar-refractivity contribution in [2.24, 2.45) is 0 Å². The van der Waals surface area contributed by atoms with Gasteiger partial charge in [0.1, 0.15) is 0 Å². The van der Waals surface area contributed by atoms with Crippen LogP contribution in [0.4, 0.5) is 0 Å². The molecule has 0 aliphatic carbocycles. The molecule has 0 radical (unpaired) electrons. The van der Waals surface area contributed by atoms with Crippen LogP contribution >= 0.6 is 0 Å². The fourth-order valence-electron chi connectivity index (χ4n) is 1.25. The molecule has 0 fully saturated rings. The first-order chi connectivity index (χ1) is 6.08. The van der Waals surface area contributed by atoms with Crippen molar-refractivity contribution in [3.8, 4) is 0 Å². The van der Waals surface area contributed by atoms with Crippen LogP contribution in [0.2, 0.25) is 26.2 Å². The van der Waals surface area contributed by atoms with E-state index in [-0.39, 0.29) is 0 Å². The highest BCUT2D eigenvalue weighted by molar-refractivity contribution is 7.38. The van der Waals surface area contributed by atoms with E-state index < -0.39 is 15.5 Å². The Balaban J connectivity index is 4.67. The summed E-state index contributed by atoms with van der Waals surface area (Å²) in [5.74, 6) is 0. The molecule has 0 aliphatic heterocycles. The number of rotatable bonds is 5. The van der Waals surface area contributed by atoms with Crippen LogP contribution in [0, 0.1) is 0 Å². The van der Waals surface area contributed by atoms with Gasteiger partial charge in [-0.3, -0.25) is 20.2 Å². The predicted molar refractivity (Wildman–Crippen MR) is 68.6 cm³/mol. The number of hydrogen-bond donors (Lipinski definition) is 2. The summed E-state index contributed by atoms with van der Waals surface area (Å²) < 4.78 is 0. The second-order valence-corrected chi connectivity index (χ2v) is 20.1. The molecular weight excluding hydrogens is 208 g/mol. The molecule has 86 valence electrons. The van der Waals surface area contributed by atoms with Crippen LogP contribution in [-0.4, -0.2) is 53.7 Å². The molecule has 0 amide bonds. The van der Waals surface area contributed by atoms with Crippen LogP contribution in [0.25, 0.3) is 0 Å². The summed E-state index contributed by atoms with van der Waals surface area (Å²) >= 11 is 0. The molecule has 6 heteroatoms. The van der Waals surface area contributed by atoms with Crippen LogP contribution < -0.4 is 10.2 Å². The Kier molecular flexibility index (Phi) is 4.96. The highest BCUT2D eigenvalue weighted by Crippen LogP contribution is 2.13. The quantitative estimate of drug-likeness (QED) is 0.539. The minimum Gasteiger partial charge on any atom is -0.264 e. The van der Waals surface area contributed by atoms with Gasteiger partial charge in [-0.2, -0.15) is 0 Å². The average Bonchev–Trinajstić information content (AvgIpc) is 1.78. The first kappa shape index (κ1) is 14.3. The zero-order chi connectivity index (χ0) is 11.6. The lowest BCUT2D eigenvalue weighted by Gasteiger charge is -2.43. The molecule has 0 bridgehead atoms. The van der Waals surface area contributed by atoms with E-state index in [9.17, 15) is 0 Å². The Hall–Kier alpha value is 0.274. The maximum absolute atomic E-state index is 3.61. The van der Waals surface area contributed by atoms with E-state index in [1.165, 1.54) is 0 Å². The van der Waals surface area contributed by atoms with E-state index in [1.807, 2.05) is 0 Å². The van der Waals surface area contributed by atoms with Crippen molar-refractivity contribution < 1.29 is 0 Å². The van der Waals surface area contributed by atoms with Crippen LogP contribution in [0.1, 0.15) is 0 Å². The lowest BCUT2D eigenvalue weighted by atomic mass is 11.2. The van der Waals surface area contributed by atoms with E-state index in [1.54, 1.807) is 0 Å². The minimum atomic E-state index is -1.59. The fraction of sp³-hybridized carbons (Fsp3) is 1.00. The molecular formula is C8H26N4Si2. The summed E-state index contributed by atoms with van der Waals surface area (Å²) in [7, 11) is 5.44. The first-order valence-corrected chi connectivity index (χ1v) is 12.0. The average molecular weight is 234 g/mol. The number of hydrazine groups is 2. The van der Waals surface area contributed by atoms with Gasteiger partial charge in [-0.05, 0) is 6.55 Å². The Labute approximate surface area is 90.6 Å². The number of nitrogens with zero attached hydrogens (tertiary/aromatic N) is 2. The Morgan fingerprint density at radius 1 is 0.714 bits per heavy atom. The van der Waals surface area contributed by atoms with Crippen molar-refractivity contribution in [2.75, 3.05) is 28.2 Å². The van der Waals surface area contributed by atoms with Gasteiger partial charge in [0, 0.05) is 28.2 Å². The van der Waals surface area contributed by atoms with Gasteiger partial charge in [0.05, 0.1) is 7.59 Å². The van der Waals surface area contributed by atoms with Gasteiger partial charge < -0.3 is 0 Å². The van der Waals surface area contributed by atoms with E-state index in [0.29, 0.717) is 0 Å². The molecule has 0 saturated carbocycles. The molecule has 0 aromatic heterocycles. The van der Waals surface area contributed by atoms with Gasteiger partial charge >= 0.3 is 0 Å². The molecule has 0 rings (SSSR count). The van der Waals surface area contributed by atoms with Gasteiger partial charge in [0.15, 0.2) is 0 Å². The van der Waals surface area contributed by atoms with Crippen LogP contribution in [0.5, 0.6) is 0 Å². The lowest BCUT2D eigenvalue weighted by molar-refractivity contribution is 0.321. The molecule has 0 aliphatic rings. The largest absolute Gasteiger partial charge is 0.264 e. The zero-order valence-corrected chi connectivity index (χ0v) is 12.9. The predicted octanol–water partition coefficient (Wildman–Crippen LogP) is 0.607. The molecule has 2 N–H and O–H groups in total. The Morgan fingerprint density at radius 3 is 1.14 bits per heavy atom. The normalized spacial score (nSPS) is 14.1. The highest BCUT2D eigenvalue weighted by Gasteiger charge is 2.43. The van der Waals surface area contributed by atoms with E-state index in [2.05, 4.69) is 74.6 Å². The Morgan fingerprint density at radius 2 is 1.00 bits per heavy atom. The SMILES string of the molecule is CN(C)N[Si](C)(NN(C)C)[Si](C)(C)C. The summed E-state index contributed by atoms with van der Waals surface area (Å²) in [5, 5.41) is 11.4. The third-order valence-electron chi connectivity index (χ3n) is 2.39. The first-order valence-electron chi connectivity index (χ1n) is 4.99. The van der Waals surface area contributed by atoms with Crippen molar-refractivity contribution in [1.82, 2.24) is 20.2 Å². The van der Waals surface area contributed by atoms with E-state index in [4.69, 9.17) is 0 Å². The molecule has 0 spiro atoms. The zero-order valence-electron chi connectivity index (χ0n) is 10.9. The standard InChI is InChI=1S/C8H26N4Si2/c1-11(2)9-14(8,10-12(3)4)13(5,6)7/h9-10H,1-8H3. The maximum Gasteiger partial charge on any atom is 0.210 e. The third kappa shape index (κ3) is 4.20. The smallest absolute Gasteiger partial charge is 0.210 e. The molecule has 0 aromatic carbocycles. The number of nitrogens with one attached hydrogen (secondary N) is 2. The van der Waals surface area contributed by atoms with Crippen molar-refractivity contribution in [2.45, 2.75) is 26.2 Å². The minimum absolute atomic E-state index is 1.20. The van der Waals surface area contributed by atoms with Gasteiger partial charge in [-0.25, -0.2) is 0 Å². The van der Waals surface area contributed by atoms with Crippen molar-refractivity contribution in [1.29, 1.82) is 0 Å². The topological polar surface area (TPSA) is 30.5 Å². The van der Waals surface area contributed by atoms with Gasteiger partial charge in [0.2, 0.25) is 7.91 Å². The molecule has 0 heterocycles. The van der Waals surface area contributed by atoms with Crippen LogP contribution in [0.3, 0.4) is 0 Å². The van der Waals surface area contributed by atoms with Gasteiger partial charge in [-0.1, -0.05) is 19.6 Å². The molecule has 14 heavy (non-hydrogen) atoms. The molecule has 0 atom stereocenters. The molecule has 4 nitrogen and oxygen atoms in total. The summed E-state index contributed by atoms with van der Waals surface area (Å²) in [6.07, 6.45) is 0. The second-order valence-electron chi connectivity index (χ2n) is 5.39. The summed E-state index contributed by atoms with van der Waals surface area (Å²) in [6.45, 7) is 9.59. The van der Waals surface area contributed by atoms with Gasteiger partial charge in [-0.15, -0.1) is 0 Å². The third-order valence-corrected chi connectivity index (χ3v) is 16.9. The van der Waals surface area contributed by atoms with Crippen LogP contribution in [0.15, 0.2) is 0 Å². The Bertz CT molecular complexity index is 167. The fourth-order valence-corrected chi connectivity index (χ4v) is 7.12. The van der Waals surface area contributed by atoms with Gasteiger partial charge in [0.25, 0.3) is 0 Å². The molecule has 0 unspecified atom stereocenters. The second kappa shape index (κ2) is 4.86. The summed E-state index contributed by atoms with van der Waals surface area (Å²) in [5.41, 5.74) is 0. The monoisotopic (exact) mass is 234 g/mol. The van der Waals surface area contributed by atoms with Crippen molar-refractivity contribution in [3.05, 3.63) is 0 Å². The molecule has 0 aromatic rings. The van der Waals surface area contributed by atoms with Crippen LogP contribution in [-0.2, 0) is 0 Å². The van der Waals surface area contributed by atoms with E-state index >= 15 is 0 Å². The number of hydrogen-bond acceptors (Lipinski definition) is 4. The molecule has 0 saturated heterocycles. The summed E-state index contributed by atoms with van der Waals surface area (Å²) in [6, 6.07) is 0.